The summed E-state index contributed by atoms with van der Waals surface area (Å²) in [6.07, 6.45) is 0. The van der Waals surface area contributed by atoms with Gasteiger partial charge in [0.2, 0.25) is 0 Å². The van der Waals surface area contributed by atoms with E-state index < -0.39 is 0 Å². The van der Waals surface area contributed by atoms with Gasteiger partial charge in [0.15, 0.2) is 0 Å². The molecule has 1 unspecified atom stereocenters. The van der Waals surface area contributed by atoms with E-state index in [1.54, 1.807) is 7.11 Å². The normalized spacial score (nSPS) is 12.0. The van der Waals surface area contributed by atoms with Crippen molar-refractivity contribution in [1.29, 1.82) is 0 Å². The van der Waals surface area contributed by atoms with Gasteiger partial charge in [-0.1, -0.05) is 42.5 Å². The first kappa shape index (κ1) is 12.8. The number of para-hydroxylation sites is 1. The van der Waals surface area contributed by atoms with Crippen LogP contribution in [0.5, 0.6) is 5.75 Å². The molecule has 0 fully saturated rings. The van der Waals surface area contributed by atoms with Gasteiger partial charge in [-0.2, -0.15) is 0 Å². The van der Waals surface area contributed by atoms with Crippen LogP contribution in [0.4, 0.5) is 0 Å². The van der Waals surface area contributed by atoms with Crippen LogP contribution < -0.4 is 10.0 Å². The van der Waals surface area contributed by atoms with Gasteiger partial charge in [-0.15, -0.1) is 0 Å². The third kappa shape index (κ3) is 2.96. The van der Waals surface area contributed by atoms with E-state index in [4.69, 9.17) is 4.74 Å². The second-order valence-electron chi connectivity index (χ2n) is 3.76. The second kappa shape index (κ2) is 6.32. The van der Waals surface area contributed by atoms with E-state index in [2.05, 4.69) is 35.3 Å². The summed E-state index contributed by atoms with van der Waals surface area (Å²) in [5.41, 5.74) is 2.14. The minimum absolute atomic E-state index is 0.542. The lowest BCUT2D eigenvalue weighted by atomic mass is 10.2. The predicted octanol–water partition coefficient (Wildman–Crippen LogP) is 3.08. The number of hydrogen-bond acceptors (Lipinski definition) is 2. The van der Waals surface area contributed by atoms with Crippen molar-refractivity contribution in [3.63, 3.8) is 0 Å². The molecule has 0 aliphatic heterocycles. The van der Waals surface area contributed by atoms with Crippen molar-refractivity contribution < 1.29 is 4.74 Å². The molecule has 0 heterocycles. The molecule has 0 N–H and O–H groups in total. The Labute approximate surface area is 110 Å². The first-order valence-electron chi connectivity index (χ1n) is 5.77. The fourth-order valence-electron chi connectivity index (χ4n) is 1.74. The van der Waals surface area contributed by atoms with E-state index in [0.29, 0.717) is 8.58 Å². The summed E-state index contributed by atoms with van der Waals surface area (Å²) in [6.45, 7) is 0. The molecule has 0 aromatic heterocycles. The Bertz CT molecular complexity index is 537. The molecule has 2 rings (SSSR count). The first-order valence-corrected chi connectivity index (χ1v) is 6.77. The summed E-state index contributed by atoms with van der Waals surface area (Å²) in [5, 5.41) is 1.28. The van der Waals surface area contributed by atoms with Crippen molar-refractivity contribution in [2.75, 3.05) is 14.2 Å². The maximum absolute atomic E-state index is 5.39. The minimum atomic E-state index is 0.542. The molecule has 3 heteroatoms. The molecule has 2 aromatic carbocycles. The van der Waals surface area contributed by atoms with Crippen LogP contribution in [-0.2, 0) is 0 Å². The van der Waals surface area contributed by atoms with Crippen molar-refractivity contribution in [3.05, 3.63) is 60.2 Å². The highest BCUT2D eigenvalue weighted by Gasteiger charge is 2.09. The monoisotopic (exact) mass is 257 g/mol. The van der Waals surface area contributed by atoms with Crippen LogP contribution in [-0.4, -0.2) is 19.6 Å². The topological polar surface area (TPSA) is 21.6 Å². The number of hydrogen-bond donors (Lipinski definition) is 0. The van der Waals surface area contributed by atoms with Gasteiger partial charge in [0, 0.05) is 12.6 Å². The molecule has 92 valence electrons. The molecule has 0 amide bonds. The van der Waals surface area contributed by atoms with Crippen molar-refractivity contribution in [3.8, 4) is 5.75 Å². The lowest BCUT2D eigenvalue weighted by molar-refractivity contribution is 0.414. The van der Waals surface area contributed by atoms with Crippen LogP contribution in [0.1, 0.15) is 5.56 Å². The smallest absolute Gasteiger partial charge is 0.128 e. The molecule has 2 nitrogen and oxygen atoms in total. The maximum atomic E-state index is 5.39. The number of aliphatic imine (C=N–C) groups is 1. The molecule has 0 aliphatic carbocycles. The Hall–Kier alpha value is -1.66. The highest BCUT2D eigenvalue weighted by molar-refractivity contribution is 7.66. The van der Waals surface area contributed by atoms with E-state index in [9.17, 15) is 0 Å². The molecule has 0 aliphatic rings. The minimum Gasteiger partial charge on any atom is -0.496 e. The van der Waals surface area contributed by atoms with E-state index in [1.165, 1.54) is 5.30 Å². The standard InChI is InChI=1S/C15H16NOP/c1-16-15(18-12-8-4-3-5-9-12)13-10-6-7-11-14(13)17-2/h3-11,18H,1-2H3. The Balaban J connectivity index is 2.30. The first-order chi connectivity index (χ1) is 8.85. The highest BCUT2D eigenvalue weighted by Crippen LogP contribution is 2.26. The average Bonchev–Trinajstić information content (AvgIpc) is 2.46. The number of ether oxygens (including phenoxy) is 1. The van der Waals surface area contributed by atoms with E-state index in [1.807, 2.05) is 31.3 Å². The van der Waals surface area contributed by atoms with Gasteiger partial charge >= 0.3 is 0 Å². The second-order valence-corrected chi connectivity index (χ2v) is 5.06. The molecule has 0 saturated heterocycles. The SMILES string of the molecule is CN=C(Pc1ccccc1)c1ccccc1OC. The van der Waals surface area contributed by atoms with Crippen LogP contribution in [0.2, 0.25) is 0 Å². The van der Waals surface area contributed by atoms with E-state index >= 15 is 0 Å². The number of nitrogens with zero attached hydrogens (tertiary/aromatic N) is 1. The van der Waals surface area contributed by atoms with Crippen molar-refractivity contribution in [2.24, 2.45) is 4.99 Å². The van der Waals surface area contributed by atoms with Gasteiger partial charge in [0.05, 0.1) is 12.6 Å². The lowest BCUT2D eigenvalue weighted by Gasteiger charge is -2.10. The quantitative estimate of drug-likeness (QED) is 0.609. The third-order valence-electron chi connectivity index (χ3n) is 2.62. The zero-order chi connectivity index (χ0) is 12.8. The Morgan fingerprint density at radius 3 is 2.33 bits per heavy atom. The number of benzene rings is 2. The van der Waals surface area contributed by atoms with Crippen molar-refractivity contribution in [2.45, 2.75) is 0 Å². The van der Waals surface area contributed by atoms with Gasteiger partial charge < -0.3 is 4.74 Å². The zero-order valence-electron chi connectivity index (χ0n) is 10.6. The largest absolute Gasteiger partial charge is 0.496 e. The van der Waals surface area contributed by atoms with Gasteiger partial charge in [-0.05, 0) is 26.0 Å². The van der Waals surface area contributed by atoms with Gasteiger partial charge in [-0.25, -0.2) is 0 Å². The molecule has 0 spiro atoms. The Morgan fingerprint density at radius 2 is 1.67 bits per heavy atom. The average molecular weight is 257 g/mol. The predicted molar refractivity (Wildman–Crippen MR) is 79.8 cm³/mol. The van der Waals surface area contributed by atoms with Gasteiger partial charge in [-0.3, -0.25) is 4.99 Å². The fraction of sp³-hybridized carbons (Fsp3) is 0.133. The highest BCUT2D eigenvalue weighted by atomic mass is 31.1. The number of rotatable bonds is 4. The number of methoxy groups -OCH3 is 1. The Kier molecular flexibility index (Phi) is 4.49. The molecule has 2 aromatic rings. The Morgan fingerprint density at radius 1 is 1.00 bits per heavy atom. The van der Waals surface area contributed by atoms with Crippen LogP contribution in [0.25, 0.3) is 0 Å². The summed E-state index contributed by atoms with van der Waals surface area (Å²) >= 11 is 0. The summed E-state index contributed by atoms with van der Waals surface area (Å²) in [4.78, 5) is 4.41. The molecular weight excluding hydrogens is 241 g/mol. The molecule has 0 saturated carbocycles. The molecule has 0 radical (unpaired) electrons. The summed E-state index contributed by atoms with van der Waals surface area (Å²) in [5.74, 6) is 0.876. The molecule has 0 bridgehead atoms. The van der Waals surface area contributed by atoms with Crippen LogP contribution in [0.3, 0.4) is 0 Å². The van der Waals surface area contributed by atoms with Crippen molar-refractivity contribution in [1.82, 2.24) is 0 Å². The molecular formula is C15H16NOP. The zero-order valence-corrected chi connectivity index (χ0v) is 11.6. The van der Waals surface area contributed by atoms with Crippen LogP contribution in [0, 0.1) is 0 Å². The van der Waals surface area contributed by atoms with Crippen LogP contribution in [0.15, 0.2) is 59.6 Å². The van der Waals surface area contributed by atoms with E-state index in [-0.39, 0.29) is 0 Å². The summed E-state index contributed by atoms with van der Waals surface area (Å²) in [6, 6.07) is 18.4. The maximum Gasteiger partial charge on any atom is 0.128 e. The van der Waals surface area contributed by atoms with Crippen molar-refractivity contribution >= 4 is 19.3 Å². The molecule has 18 heavy (non-hydrogen) atoms. The van der Waals surface area contributed by atoms with Gasteiger partial charge in [0.1, 0.15) is 5.75 Å². The van der Waals surface area contributed by atoms with Gasteiger partial charge in [0.25, 0.3) is 0 Å². The third-order valence-corrected chi connectivity index (χ3v) is 3.97. The molecule has 1 atom stereocenters. The van der Waals surface area contributed by atoms with Crippen LogP contribution >= 0.6 is 8.58 Å². The summed E-state index contributed by atoms with van der Waals surface area (Å²) in [7, 11) is 4.07. The lowest BCUT2D eigenvalue weighted by Crippen LogP contribution is -2.03. The summed E-state index contributed by atoms with van der Waals surface area (Å²) < 4.78 is 5.39. The fourth-order valence-corrected chi connectivity index (χ4v) is 2.83. The van der Waals surface area contributed by atoms with E-state index in [0.717, 1.165) is 16.8 Å².